The van der Waals surface area contributed by atoms with Crippen LogP contribution in [0.5, 0.6) is 5.75 Å². The Morgan fingerprint density at radius 3 is 1.94 bits per heavy atom. The van der Waals surface area contributed by atoms with Crippen molar-refractivity contribution < 1.29 is 19.1 Å². The molecule has 0 aliphatic rings. The van der Waals surface area contributed by atoms with E-state index in [1.807, 2.05) is 48.5 Å². The predicted molar refractivity (Wildman–Crippen MR) is 136 cm³/mol. The van der Waals surface area contributed by atoms with Gasteiger partial charge in [-0.3, -0.25) is 14.4 Å². The zero-order valence-electron chi connectivity index (χ0n) is 19.0. The number of hydrogen-bond acceptors (Lipinski definition) is 4. The molecule has 0 fully saturated rings. The quantitative estimate of drug-likeness (QED) is 0.324. The van der Waals surface area contributed by atoms with Crippen LogP contribution in [0, 0.1) is 0 Å². The minimum Gasteiger partial charge on any atom is -0.483 e. The van der Waals surface area contributed by atoms with Gasteiger partial charge in [-0.25, -0.2) is 0 Å². The van der Waals surface area contributed by atoms with Crippen molar-refractivity contribution >= 4 is 34.2 Å². The van der Waals surface area contributed by atoms with Crippen molar-refractivity contribution in [3.8, 4) is 5.75 Å². The van der Waals surface area contributed by atoms with Gasteiger partial charge in [0.1, 0.15) is 5.75 Å². The first-order valence-corrected chi connectivity index (χ1v) is 11.2. The third-order valence-electron chi connectivity index (χ3n) is 5.27. The van der Waals surface area contributed by atoms with Crippen LogP contribution in [0.2, 0.25) is 0 Å². The summed E-state index contributed by atoms with van der Waals surface area (Å²) in [6.45, 7) is 0.469. The Balaban J connectivity index is 1.21. The number of benzene rings is 4. The van der Waals surface area contributed by atoms with Crippen molar-refractivity contribution in [3.63, 3.8) is 0 Å². The number of rotatable bonds is 9. The molecule has 176 valence electrons. The van der Waals surface area contributed by atoms with Crippen molar-refractivity contribution in [3.05, 3.63) is 108 Å². The SMILES string of the molecule is O=C(COc1cccc2ccccc12)Nc1ccc(C(=O)NCCNC(=O)c2ccccc2)cc1. The molecule has 35 heavy (non-hydrogen) atoms. The Kier molecular flexibility index (Phi) is 7.70. The second-order valence-electron chi connectivity index (χ2n) is 7.77. The van der Waals surface area contributed by atoms with E-state index in [4.69, 9.17) is 4.74 Å². The molecule has 0 saturated carbocycles. The number of anilines is 1. The Labute approximate surface area is 203 Å². The summed E-state index contributed by atoms with van der Waals surface area (Å²) < 4.78 is 5.71. The average Bonchev–Trinajstić information content (AvgIpc) is 2.90. The van der Waals surface area contributed by atoms with Gasteiger partial charge in [-0.1, -0.05) is 54.6 Å². The maximum atomic E-state index is 12.3. The van der Waals surface area contributed by atoms with Gasteiger partial charge in [0.15, 0.2) is 6.61 Å². The summed E-state index contributed by atoms with van der Waals surface area (Å²) in [4.78, 5) is 36.7. The summed E-state index contributed by atoms with van der Waals surface area (Å²) in [5.74, 6) is -0.116. The average molecular weight is 468 g/mol. The monoisotopic (exact) mass is 467 g/mol. The van der Waals surface area contributed by atoms with Crippen molar-refractivity contribution in [2.75, 3.05) is 25.0 Å². The number of fused-ring (bicyclic) bond motifs is 1. The van der Waals surface area contributed by atoms with Gasteiger partial charge >= 0.3 is 0 Å². The summed E-state index contributed by atoms with van der Waals surface area (Å²) >= 11 is 0. The first-order valence-electron chi connectivity index (χ1n) is 11.2. The highest BCUT2D eigenvalue weighted by atomic mass is 16.5. The minimum absolute atomic E-state index is 0.134. The highest BCUT2D eigenvalue weighted by Crippen LogP contribution is 2.25. The number of nitrogens with one attached hydrogen (secondary N) is 3. The van der Waals surface area contributed by atoms with Gasteiger partial charge in [0, 0.05) is 35.3 Å². The molecule has 4 aromatic carbocycles. The van der Waals surface area contributed by atoms with E-state index in [2.05, 4.69) is 16.0 Å². The van der Waals surface area contributed by atoms with Gasteiger partial charge in [0.2, 0.25) is 0 Å². The minimum atomic E-state index is -0.302. The number of amides is 3. The lowest BCUT2D eigenvalue weighted by Gasteiger charge is -2.10. The predicted octanol–water partition coefficient (Wildman–Crippen LogP) is 4.02. The van der Waals surface area contributed by atoms with Crippen molar-refractivity contribution in [1.29, 1.82) is 0 Å². The number of carbonyl (C=O) groups is 3. The molecule has 7 heteroatoms. The number of hydrogen-bond donors (Lipinski definition) is 3. The molecule has 4 rings (SSSR count). The molecule has 0 bridgehead atoms. The largest absolute Gasteiger partial charge is 0.483 e. The fourth-order valence-electron chi connectivity index (χ4n) is 3.51. The highest BCUT2D eigenvalue weighted by molar-refractivity contribution is 5.96. The van der Waals surface area contributed by atoms with E-state index in [-0.39, 0.29) is 24.3 Å². The molecule has 0 aromatic heterocycles. The van der Waals surface area contributed by atoms with Gasteiger partial charge in [0.25, 0.3) is 17.7 Å². The van der Waals surface area contributed by atoms with Crippen LogP contribution in [0.15, 0.2) is 97.1 Å². The second kappa shape index (κ2) is 11.5. The van der Waals surface area contributed by atoms with Crippen LogP contribution in [0.1, 0.15) is 20.7 Å². The molecule has 0 heterocycles. The molecule has 0 unspecified atom stereocenters. The zero-order valence-corrected chi connectivity index (χ0v) is 19.0. The van der Waals surface area contributed by atoms with E-state index >= 15 is 0 Å². The van der Waals surface area contributed by atoms with Gasteiger partial charge in [-0.2, -0.15) is 0 Å². The molecule has 3 N–H and O–H groups in total. The number of carbonyl (C=O) groups excluding carboxylic acids is 3. The fraction of sp³-hybridized carbons (Fsp3) is 0.107. The van der Waals surface area contributed by atoms with E-state index < -0.39 is 0 Å². The molecule has 0 radical (unpaired) electrons. The first-order chi connectivity index (χ1) is 17.1. The van der Waals surface area contributed by atoms with E-state index in [1.54, 1.807) is 48.5 Å². The van der Waals surface area contributed by atoms with Crippen LogP contribution in [0.3, 0.4) is 0 Å². The molecular formula is C28H25N3O4. The van der Waals surface area contributed by atoms with Gasteiger partial charge in [-0.05, 0) is 47.9 Å². The van der Waals surface area contributed by atoms with Crippen LogP contribution in [0.4, 0.5) is 5.69 Å². The summed E-state index contributed by atoms with van der Waals surface area (Å²) in [7, 11) is 0. The van der Waals surface area contributed by atoms with Crippen LogP contribution in [0.25, 0.3) is 10.8 Å². The topological polar surface area (TPSA) is 96.5 Å². The molecule has 0 spiro atoms. The highest BCUT2D eigenvalue weighted by Gasteiger charge is 2.09. The van der Waals surface area contributed by atoms with E-state index in [0.717, 1.165) is 10.8 Å². The van der Waals surface area contributed by atoms with E-state index in [1.165, 1.54) is 0 Å². The van der Waals surface area contributed by atoms with E-state index in [9.17, 15) is 14.4 Å². The van der Waals surface area contributed by atoms with E-state index in [0.29, 0.717) is 35.7 Å². The van der Waals surface area contributed by atoms with Crippen molar-refractivity contribution in [2.24, 2.45) is 0 Å². The lowest BCUT2D eigenvalue weighted by Crippen LogP contribution is -2.34. The Hall–Kier alpha value is -4.65. The lowest BCUT2D eigenvalue weighted by molar-refractivity contribution is -0.118. The molecular weight excluding hydrogens is 442 g/mol. The maximum Gasteiger partial charge on any atom is 0.262 e. The molecule has 0 saturated heterocycles. The smallest absolute Gasteiger partial charge is 0.262 e. The Bertz CT molecular complexity index is 1320. The van der Waals surface area contributed by atoms with Crippen LogP contribution >= 0.6 is 0 Å². The van der Waals surface area contributed by atoms with Crippen LogP contribution in [-0.4, -0.2) is 37.4 Å². The van der Waals surface area contributed by atoms with Gasteiger partial charge < -0.3 is 20.7 Å². The van der Waals surface area contributed by atoms with Gasteiger partial charge in [0.05, 0.1) is 0 Å². The summed E-state index contributed by atoms with van der Waals surface area (Å²) in [6.07, 6.45) is 0. The first kappa shape index (κ1) is 23.5. The molecule has 0 atom stereocenters. The molecule has 4 aromatic rings. The zero-order chi connectivity index (χ0) is 24.5. The van der Waals surface area contributed by atoms with Crippen molar-refractivity contribution in [2.45, 2.75) is 0 Å². The van der Waals surface area contributed by atoms with Crippen LogP contribution < -0.4 is 20.7 Å². The molecule has 0 aliphatic heterocycles. The third-order valence-corrected chi connectivity index (χ3v) is 5.27. The Morgan fingerprint density at radius 1 is 0.629 bits per heavy atom. The summed E-state index contributed by atoms with van der Waals surface area (Å²) in [5.41, 5.74) is 1.58. The Morgan fingerprint density at radius 2 is 1.23 bits per heavy atom. The van der Waals surface area contributed by atoms with Gasteiger partial charge in [-0.15, -0.1) is 0 Å². The standard InChI is InChI=1S/C28H25N3O4/c32-26(19-35-25-12-6-10-20-7-4-5-11-24(20)25)31-23-15-13-22(14-16-23)28(34)30-18-17-29-27(33)21-8-2-1-3-9-21/h1-16H,17-19H2,(H,29,33)(H,30,34)(H,31,32). The molecule has 0 aliphatic carbocycles. The summed E-state index contributed by atoms with van der Waals surface area (Å²) in [5, 5.41) is 10.3. The lowest BCUT2D eigenvalue weighted by atomic mass is 10.1. The normalized spacial score (nSPS) is 10.4. The summed E-state index contributed by atoms with van der Waals surface area (Å²) in [6, 6.07) is 28.9. The third kappa shape index (κ3) is 6.45. The maximum absolute atomic E-state index is 12.3. The van der Waals surface area contributed by atoms with Crippen LogP contribution in [-0.2, 0) is 4.79 Å². The fourth-order valence-corrected chi connectivity index (χ4v) is 3.51. The molecule has 3 amide bonds. The molecule has 7 nitrogen and oxygen atoms in total. The second-order valence-corrected chi connectivity index (χ2v) is 7.77. The number of ether oxygens (including phenoxy) is 1. The van der Waals surface area contributed by atoms with Crippen molar-refractivity contribution in [1.82, 2.24) is 10.6 Å².